The zero-order chi connectivity index (χ0) is 14.7. The van der Waals surface area contributed by atoms with Gasteiger partial charge in [0.05, 0.1) is 17.7 Å². The molecule has 0 heterocycles. The minimum atomic E-state index is -0.566. The van der Waals surface area contributed by atoms with E-state index in [2.05, 4.69) is 22.0 Å². The zero-order valence-corrected chi connectivity index (χ0v) is 12.9. The maximum Gasteiger partial charge on any atom is 0.0992 e. The minimum Gasteiger partial charge on any atom is -0.389 e. The molecular weight excluding hydrogens is 316 g/mol. The average molecular weight is 331 g/mol. The Kier molecular flexibility index (Phi) is 4.43. The van der Waals surface area contributed by atoms with Gasteiger partial charge in [0.15, 0.2) is 0 Å². The molecular formula is C16H15BrN2O. The second-order valence-electron chi connectivity index (χ2n) is 4.60. The van der Waals surface area contributed by atoms with Crippen molar-refractivity contribution in [2.24, 2.45) is 0 Å². The van der Waals surface area contributed by atoms with Crippen LogP contribution in [0.15, 0.2) is 46.9 Å². The highest BCUT2D eigenvalue weighted by atomic mass is 79.9. The van der Waals surface area contributed by atoms with Gasteiger partial charge in [-0.15, -0.1) is 0 Å². The highest BCUT2D eigenvalue weighted by Gasteiger charge is 2.13. The summed E-state index contributed by atoms with van der Waals surface area (Å²) in [7, 11) is 1.92. The summed E-state index contributed by atoms with van der Waals surface area (Å²) in [4.78, 5) is 1.97. The van der Waals surface area contributed by atoms with Gasteiger partial charge in [-0.1, -0.05) is 22.0 Å². The van der Waals surface area contributed by atoms with Gasteiger partial charge in [-0.3, -0.25) is 0 Å². The van der Waals surface area contributed by atoms with Crippen LogP contribution in [-0.4, -0.2) is 12.2 Å². The number of nitriles is 1. The van der Waals surface area contributed by atoms with E-state index < -0.39 is 6.10 Å². The number of aliphatic hydroxyl groups is 1. The van der Waals surface area contributed by atoms with Crippen LogP contribution in [0.3, 0.4) is 0 Å². The molecule has 0 spiro atoms. The van der Waals surface area contributed by atoms with E-state index in [-0.39, 0.29) is 0 Å². The van der Waals surface area contributed by atoms with Crippen LogP contribution in [0.1, 0.15) is 24.2 Å². The molecule has 0 amide bonds. The summed E-state index contributed by atoms with van der Waals surface area (Å²) in [5.41, 5.74) is 3.28. The Labute approximate surface area is 127 Å². The van der Waals surface area contributed by atoms with Crippen LogP contribution in [0, 0.1) is 11.3 Å². The molecule has 0 bridgehead atoms. The molecule has 1 unspecified atom stereocenters. The maximum absolute atomic E-state index is 9.93. The normalized spacial score (nSPS) is 11.8. The van der Waals surface area contributed by atoms with E-state index in [1.165, 1.54) is 0 Å². The number of nitrogens with zero attached hydrogens (tertiary/aromatic N) is 2. The molecule has 0 aliphatic rings. The van der Waals surface area contributed by atoms with E-state index in [0.29, 0.717) is 5.56 Å². The molecule has 102 valence electrons. The highest BCUT2D eigenvalue weighted by Crippen LogP contribution is 2.33. The van der Waals surface area contributed by atoms with E-state index in [1.54, 1.807) is 13.0 Å². The average Bonchev–Trinajstić information content (AvgIpc) is 2.46. The van der Waals surface area contributed by atoms with Gasteiger partial charge in [-0.05, 0) is 43.3 Å². The predicted octanol–water partition coefficient (Wildman–Crippen LogP) is 4.14. The fourth-order valence-corrected chi connectivity index (χ4v) is 2.47. The number of rotatable bonds is 3. The molecule has 0 aliphatic carbocycles. The Morgan fingerprint density at radius 3 is 2.65 bits per heavy atom. The summed E-state index contributed by atoms with van der Waals surface area (Å²) in [6.07, 6.45) is -0.566. The van der Waals surface area contributed by atoms with E-state index in [4.69, 9.17) is 5.26 Å². The van der Waals surface area contributed by atoms with Gasteiger partial charge >= 0.3 is 0 Å². The number of aliphatic hydroxyl groups excluding tert-OH is 1. The topological polar surface area (TPSA) is 47.3 Å². The number of halogens is 1. The third-order valence-electron chi connectivity index (χ3n) is 3.16. The predicted molar refractivity (Wildman–Crippen MR) is 84.0 cm³/mol. The quantitative estimate of drug-likeness (QED) is 0.919. The third-order valence-corrected chi connectivity index (χ3v) is 3.66. The Hall–Kier alpha value is -1.83. The van der Waals surface area contributed by atoms with Crippen LogP contribution in [0.25, 0.3) is 0 Å². The molecule has 4 heteroatoms. The lowest BCUT2D eigenvalue weighted by Gasteiger charge is -2.24. The summed E-state index contributed by atoms with van der Waals surface area (Å²) in [5, 5.41) is 18.9. The summed E-state index contributed by atoms with van der Waals surface area (Å²) < 4.78 is 0.927. The first-order valence-electron chi connectivity index (χ1n) is 6.24. The van der Waals surface area contributed by atoms with Crippen LogP contribution in [0.5, 0.6) is 0 Å². The first-order chi connectivity index (χ1) is 9.52. The monoisotopic (exact) mass is 330 g/mol. The van der Waals surface area contributed by atoms with E-state index >= 15 is 0 Å². The second-order valence-corrected chi connectivity index (χ2v) is 5.52. The Bertz CT molecular complexity index is 662. The Morgan fingerprint density at radius 1 is 1.25 bits per heavy atom. The van der Waals surface area contributed by atoms with Gasteiger partial charge in [0, 0.05) is 28.5 Å². The van der Waals surface area contributed by atoms with Crippen molar-refractivity contribution >= 4 is 27.3 Å². The van der Waals surface area contributed by atoms with Gasteiger partial charge in [-0.25, -0.2) is 0 Å². The highest BCUT2D eigenvalue weighted by molar-refractivity contribution is 9.10. The number of anilines is 2. The fourth-order valence-electron chi connectivity index (χ4n) is 2.09. The largest absolute Gasteiger partial charge is 0.389 e. The lowest BCUT2D eigenvalue weighted by molar-refractivity contribution is 0.199. The molecule has 1 N–H and O–H groups in total. The van der Waals surface area contributed by atoms with Crippen molar-refractivity contribution in [1.82, 2.24) is 0 Å². The molecule has 0 saturated carbocycles. The Balaban J connectivity index is 2.47. The lowest BCUT2D eigenvalue weighted by Crippen LogP contribution is -2.13. The number of hydrogen-bond acceptors (Lipinski definition) is 3. The second kappa shape index (κ2) is 6.08. The third kappa shape index (κ3) is 3.01. The summed E-state index contributed by atoms with van der Waals surface area (Å²) in [6, 6.07) is 15.3. The number of hydrogen-bond donors (Lipinski definition) is 1. The molecule has 0 radical (unpaired) electrons. The van der Waals surface area contributed by atoms with Gasteiger partial charge in [0.1, 0.15) is 0 Å². The van der Waals surface area contributed by atoms with Crippen LogP contribution < -0.4 is 4.90 Å². The van der Waals surface area contributed by atoms with Gasteiger partial charge in [-0.2, -0.15) is 5.26 Å². The molecule has 2 rings (SSSR count). The van der Waals surface area contributed by atoms with Gasteiger partial charge in [0.25, 0.3) is 0 Å². The van der Waals surface area contributed by atoms with Crippen molar-refractivity contribution in [2.75, 3.05) is 11.9 Å². The van der Waals surface area contributed by atoms with E-state index in [1.807, 2.05) is 48.3 Å². The molecule has 3 nitrogen and oxygen atoms in total. The molecule has 0 fully saturated rings. The first kappa shape index (κ1) is 14.6. The van der Waals surface area contributed by atoms with Crippen LogP contribution >= 0.6 is 15.9 Å². The summed E-state index contributed by atoms with van der Waals surface area (Å²) >= 11 is 3.42. The number of benzene rings is 2. The lowest BCUT2D eigenvalue weighted by atomic mass is 10.1. The smallest absolute Gasteiger partial charge is 0.0992 e. The van der Waals surface area contributed by atoms with Gasteiger partial charge < -0.3 is 10.0 Å². The molecule has 1 atom stereocenters. The first-order valence-corrected chi connectivity index (χ1v) is 7.03. The standard InChI is InChI=1S/C16H15BrN2O/c1-11(20)15-9-13(17)6-7-16(15)19(2)14-5-3-4-12(8-14)10-18/h3-9,11,20H,1-2H3. The van der Waals surface area contributed by atoms with Crippen molar-refractivity contribution in [1.29, 1.82) is 5.26 Å². The SMILES string of the molecule is CC(O)c1cc(Br)ccc1N(C)c1cccc(C#N)c1. The van der Waals surface area contributed by atoms with Crippen molar-refractivity contribution in [3.63, 3.8) is 0 Å². The molecule has 0 aromatic heterocycles. The van der Waals surface area contributed by atoms with Crippen molar-refractivity contribution in [3.8, 4) is 6.07 Å². The van der Waals surface area contributed by atoms with Crippen molar-refractivity contribution in [3.05, 3.63) is 58.1 Å². The fraction of sp³-hybridized carbons (Fsp3) is 0.188. The molecule has 2 aromatic rings. The van der Waals surface area contributed by atoms with Crippen molar-refractivity contribution in [2.45, 2.75) is 13.0 Å². The van der Waals surface area contributed by atoms with Gasteiger partial charge in [0.2, 0.25) is 0 Å². The minimum absolute atomic E-state index is 0.566. The Morgan fingerprint density at radius 2 is 2.00 bits per heavy atom. The van der Waals surface area contributed by atoms with Crippen LogP contribution in [0.4, 0.5) is 11.4 Å². The summed E-state index contributed by atoms with van der Waals surface area (Å²) in [6.45, 7) is 1.74. The van der Waals surface area contributed by atoms with Crippen molar-refractivity contribution < 1.29 is 5.11 Å². The van der Waals surface area contributed by atoms with Crippen LogP contribution in [0.2, 0.25) is 0 Å². The molecule has 0 aliphatic heterocycles. The zero-order valence-electron chi connectivity index (χ0n) is 11.3. The van der Waals surface area contributed by atoms with E-state index in [9.17, 15) is 5.11 Å². The van der Waals surface area contributed by atoms with E-state index in [0.717, 1.165) is 21.4 Å². The molecule has 2 aromatic carbocycles. The molecule has 0 saturated heterocycles. The molecule has 20 heavy (non-hydrogen) atoms. The van der Waals surface area contributed by atoms with Crippen LogP contribution in [-0.2, 0) is 0 Å². The maximum atomic E-state index is 9.93. The summed E-state index contributed by atoms with van der Waals surface area (Å²) in [5.74, 6) is 0.